The second-order valence-electron chi connectivity index (χ2n) is 8.37. The standard InChI is InChI=1S/C26H32O3S/c1-5-19-18-24-23(26(3,4)15-16-29-24)17-20(19)11-12-22-14-13-21(30-22)9-7-8-10-25(27)28-6-2/h13-14,17-18H,5-10,15-16H2,1-4H3. The Labute approximate surface area is 184 Å². The van der Waals surface area contributed by atoms with E-state index in [9.17, 15) is 4.79 Å². The van der Waals surface area contributed by atoms with Gasteiger partial charge in [-0.2, -0.15) is 0 Å². The third-order valence-corrected chi connectivity index (χ3v) is 6.70. The van der Waals surface area contributed by atoms with Gasteiger partial charge in [0.15, 0.2) is 0 Å². The molecule has 30 heavy (non-hydrogen) atoms. The van der Waals surface area contributed by atoms with Crippen LogP contribution in [0.1, 0.15) is 79.8 Å². The Morgan fingerprint density at radius 1 is 1.20 bits per heavy atom. The van der Waals surface area contributed by atoms with Crippen LogP contribution < -0.4 is 4.74 Å². The van der Waals surface area contributed by atoms with Crippen LogP contribution in [0.3, 0.4) is 0 Å². The summed E-state index contributed by atoms with van der Waals surface area (Å²) in [4.78, 5) is 13.8. The molecule has 4 heteroatoms. The van der Waals surface area contributed by atoms with Gasteiger partial charge in [0.2, 0.25) is 0 Å². The lowest BCUT2D eigenvalue weighted by Gasteiger charge is -2.33. The van der Waals surface area contributed by atoms with Crippen molar-refractivity contribution in [2.75, 3.05) is 13.2 Å². The van der Waals surface area contributed by atoms with Crippen LogP contribution in [0, 0.1) is 11.8 Å². The minimum absolute atomic E-state index is 0.0967. The van der Waals surface area contributed by atoms with Gasteiger partial charge < -0.3 is 9.47 Å². The van der Waals surface area contributed by atoms with Crippen LogP contribution in [0.2, 0.25) is 0 Å². The minimum atomic E-state index is -0.0967. The highest BCUT2D eigenvalue weighted by Crippen LogP contribution is 2.39. The van der Waals surface area contributed by atoms with Crippen LogP contribution in [-0.4, -0.2) is 19.2 Å². The zero-order valence-corrected chi connectivity index (χ0v) is 19.4. The summed E-state index contributed by atoms with van der Waals surface area (Å²) < 4.78 is 10.9. The maximum atomic E-state index is 11.4. The zero-order valence-electron chi connectivity index (χ0n) is 18.6. The lowest BCUT2D eigenvalue weighted by Crippen LogP contribution is -2.27. The van der Waals surface area contributed by atoms with E-state index >= 15 is 0 Å². The highest BCUT2D eigenvalue weighted by atomic mass is 32.1. The van der Waals surface area contributed by atoms with E-state index in [1.54, 1.807) is 11.3 Å². The quantitative estimate of drug-likeness (QED) is 0.308. The Morgan fingerprint density at radius 3 is 2.80 bits per heavy atom. The summed E-state index contributed by atoms with van der Waals surface area (Å²) in [5.74, 6) is 7.72. The van der Waals surface area contributed by atoms with E-state index in [2.05, 4.69) is 56.9 Å². The van der Waals surface area contributed by atoms with Crippen molar-refractivity contribution in [1.82, 2.24) is 0 Å². The van der Waals surface area contributed by atoms with Gasteiger partial charge in [-0.05, 0) is 74.3 Å². The maximum Gasteiger partial charge on any atom is 0.305 e. The molecule has 2 heterocycles. The molecule has 1 aromatic carbocycles. The van der Waals surface area contributed by atoms with Crippen molar-refractivity contribution in [2.45, 2.75) is 71.6 Å². The average molecular weight is 425 g/mol. The van der Waals surface area contributed by atoms with E-state index in [-0.39, 0.29) is 11.4 Å². The number of unbranched alkanes of at least 4 members (excludes halogenated alkanes) is 1. The van der Waals surface area contributed by atoms with Crippen LogP contribution in [0.4, 0.5) is 0 Å². The van der Waals surface area contributed by atoms with Crippen molar-refractivity contribution in [3.63, 3.8) is 0 Å². The Hall–Kier alpha value is -2.25. The topological polar surface area (TPSA) is 35.5 Å². The van der Waals surface area contributed by atoms with Gasteiger partial charge in [0.05, 0.1) is 18.1 Å². The number of fused-ring (bicyclic) bond motifs is 1. The molecular weight excluding hydrogens is 392 g/mol. The molecule has 0 unspecified atom stereocenters. The van der Waals surface area contributed by atoms with E-state index in [1.165, 1.54) is 16.0 Å². The summed E-state index contributed by atoms with van der Waals surface area (Å²) in [6.07, 6.45) is 5.32. The van der Waals surface area contributed by atoms with Crippen LogP contribution in [0.15, 0.2) is 24.3 Å². The average Bonchev–Trinajstić information content (AvgIpc) is 3.17. The van der Waals surface area contributed by atoms with Gasteiger partial charge in [-0.15, -0.1) is 11.3 Å². The molecule has 0 saturated heterocycles. The number of thiophene rings is 1. The van der Waals surface area contributed by atoms with Crippen molar-refractivity contribution in [2.24, 2.45) is 0 Å². The third kappa shape index (κ3) is 5.67. The predicted octanol–water partition coefficient (Wildman–Crippen LogP) is 6.05. The fourth-order valence-corrected chi connectivity index (χ4v) is 4.64. The highest BCUT2D eigenvalue weighted by Gasteiger charge is 2.29. The summed E-state index contributed by atoms with van der Waals surface area (Å²) in [6, 6.07) is 8.69. The molecule has 3 rings (SSSR count). The Balaban J connectivity index is 1.67. The van der Waals surface area contributed by atoms with E-state index in [1.807, 2.05) is 6.92 Å². The number of aryl methyl sites for hydroxylation is 2. The molecule has 0 aliphatic carbocycles. The van der Waals surface area contributed by atoms with Gasteiger partial charge in [-0.3, -0.25) is 4.79 Å². The molecular formula is C26H32O3S. The van der Waals surface area contributed by atoms with E-state index < -0.39 is 0 Å². The SMILES string of the molecule is CCOC(=O)CCCCc1ccc(C#Cc2cc3c(cc2CC)OCCC3(C)C)s1. The Morgan fingerprint density at radius 2 is 2.03 bits per heavy atom. The van der Waals surface area contributed by atoms with Gasteiger partial charge in [-0.25, -0.2) is 0 Å². The fourth-order valence-electron chi connectivity index (χ4n) is 3.74. The minimum Gasteiger partial charge on any atom is -0.493 e. The van der Waals surface area contributed by atoms with Gasteiger partial charge in [-0.1, -0.05) is 32.6 Å². The van der Waals surface area contributed by atoms with Crippen LogP contribution in [-0.2, 0) is 27.8 Å². The number of esters is 1. The van der Waals surface area contributed by atoms with Crippen LogP contribution in [0.25, 0.3) is 0 Å². The zero-order chi connectivity index (χ0) is 21.6. The van der Waals surface area contributed by atoms with E-state index in [0.717, 1.165) is 54.9 Å². The molecule has 0 saturated carbocycles. The predicted molar refractivity (Wildman–Crippen MR) is 123 cm³/mol. The number of hydrogen-bond acceptors (Lipinski definition) is 4. The smallest absolute Gasteiger partial charge is 0.305 e. The molecule has 160 valence electrons. The monoisotopic (exact) mass is 424 g/mol. The van der Waals surface area contributed by atoms with Gasteiger partial charge in [0, 0.05) is 22.4 Å². The molecule has 0 N–H and O–H groups in total. The van der Waals surface area contributed by atoms with Crippen molar-refractivity contribution in [3.05, 3.63) is 50.7 Å². The molecule has 0 bridgehead atoms. The Bertz CT molecular complexity index is 943. The first-order valence-electron chi connectivity index (χ1n) is 11.0. The molecule has 0 spiro atoms. The fraction of sp³-hybridized carbons (Fsp3) is 0.500. The first-order chi connectivity index (χ1) is 14.4. The van der Waals surface area contributed by atoms with Gasteiger partial charge >= 0.3 is 5.97 Å². The van der Waals surface area contributed by atoms with Gasteiger partial charge in [0.1, 0.15) is 5.75 Å². The third-order valence-electron chi connectivity index (χ3n) is 5.64. The molecule has 1 aromatic heterocycles. The number of benzene rings is 1. The summed E-state index contributed by atoms with van der Waals surface area (Å²) >= 11 is 1.75. The molecule has 2 aromatic rings. The van der Waals surface area contributed by atoms with Crippen LogP contribution >= 0.6 is 11.3 Å². The number of carbonyl (C=O) groups is 1. The van der Waals surface area contributed by atoms with Crippen molar-refractivity contribution >= 4 is 17.3 Å². The first kappa shape index (κ1) is 22.4. The maximum absolute atomic E-state index is 11.4. The molecule has 1 aliphatic rings. The lowest BCUT2D eigenvalue weighted by molar-refractivity contribution is -0.143. The molecule has 0 fully saturated rings. The molecule has 0 amide bonds. The summed E-state index contributed by atoms with van der Waals surface area (Å²) in [5.41, 5.74) is 3.74. The molecule has 1 aliphatic heterocycles. The lowest BCUT2D eigenvalue weighted by atomic mass is 9.78. The van der Waals surface area contributed by atoms with Crippen molar-refractivity contribution < 1.29 is 14.3 Å². The second-order valence-corrected chi connectivity index (χ2v) is 9.54. The summed E-state index contributed by atoms with van der Waals surface area (Å²) in [6.45, 7) is 9.82. The number of carbonyl (C=O) groups excluding carboxylic acids is 1. The van der Waals surface area contributed by atoms with Crippen molar-refractivity contribution in [3.8, 4) is 17.6 Å². The number of ether oxygens (including phenoxy) is 2. The summed E-state index contributed by atoms with van der Waals surface area (Å²) in [5, 5.41) is 0. The number of rotatable bonds is 7. The first-order valence-corrected chi connectivity index (χ1v) is 11.8. The molecule has 0 radical (unpaired) electrons. The van der Waals surface area contributed by atoms with Crippen LogP contribution in [0.5, 0.6) is 5.75 Å². The number of hydrogen-bond donors (Lipinski definition) is 0. The highest BCUT2D eigenvalue weighted by molar-refractivity contribution is 7.12. The summed E-state index contributed by atoms with van der Waals surface area (Å²) in [7, 11) is 0. The van der Waals surface area contributed by atoms with E-state index in [4.69, 9.17) is 9.47 Å². The normalized spacial score (nSPS) is 14.3. The molecule has 3 nitrogen and oxygen atoms in total. The Kier molecular flexibility index (Phi) is 7.61. The van der Waals surface area contributed by atoms with E-state index in [0.29, 0.717) is 13.0 Å². The molecule has 0 atom stereocenters. The second kappa shape index (κ2) is 10.2. The van der Waals surface area contributed by atoms with Gasteiger partial charge in [0.25, 0.3) is 0 Å². The van der Waals surface area contributed by atoms with Crippen molar-refractivity contribution in [1.29, 1.82) is 0 Å². The largest absolute Gasteiger partial charge is 0.493 e.